The molecular formula is C18H23N3O2S. The van der Waals surface area contributed by atoms with Crippen molar-refractivity contribution in [2.75, 3.05) is 16.8 Å². The third-order valence-corrected chi connectivity index (χ3v) is 6.08. The lowest BCUT2D eigenvalue weighted by molar-refractivity contribution is -0.0627. The summed E-state index contributed by atoms with van der Waals surface area (Å²) in [5, 5.41) is 27.3. The lowest BCUT2D eigenvalue weighted by Gasteiger charge is -2.29. The van der Waals surface area contributed by atoms with Crippen LogP contribution < -0.4 is 10.2 Å². The molecule has 1 saturated carbocycles. The molecule has 6 heteroatoms. The highest BCUT2D eigenvalue weighted by molar-refractivity contribution is 7.13. The van der Waals surface area contributed by atoms with Crippen LogP contribution in [0.2, 0.25) is 0 Å². The van der Waals surface area contributed by atoms with Gasteiger partial charge < -0.3 is 20.4 Å². The van der Waals surface area contributed by atoms with E-state index in [1.165, 1.54) is 11.1 Å². The molecule has 0 bridgehead atoms. The van der Waals surface area contributed by atoms with Gasteiger partial charge in [0, 0.05) is 36.9 Å². The predicted octanol–water partition coefficient (Wildman–Crippen LogP) is 2.74. The maximum Gasteiger partial charge on any atom is 0.185 e. The molecule has 1 aromatic heterocycles. The van der Waals surface area contributed by atoms with E-state index < -0.39 is 11.7 Å². The van der Waals surface area contributed by atoms with Crippen LogP contribution in [0.4, 0.5) is 10.8 Å². The average molecular weight is 345 g/mol. The van der Waals surface area contributed by atoms with E-state index in [0.717, 1.165) is 36.8 Å². The van der Waals surface area contributed by atoms with E-state index in [0.29, 0.717) is 19.4 Å². The number of aliphatic hydroxyl groups is 2. The second kappa shape index (κ2) is 6.35. The number of fused-ring (bicyclic) bond motifs is 1. The highest BCUT2D eigenvalue weighted by Gasteiger charge is 2.38. The smallest absolute Gasteiger partial charge is 0.185 e. The Morgan fingerprint density at radius 1 is 1.29 bits per heavy atom. The summed E-state index contributed by atoms with van der Waals surface area (Å²) in [4.78, 5) is 6.66. The molecule has 2 aromatic rings. The van der Waals surface area contributed by atoms with Crippen LogP contribution in [0.15, 0.2) is 29.8 Å². The minimum Gasteiger partial charge on any atom is -0.388 e. The van der Waals surface area contributed by atoms with Crippen LogP contribution in [0.1, 0.15) is 36.8 Å². The van der Waals surface area contributed by atoms with Gasteiger partial charge in [-0.25, -0.2) is 4.98 Å². The van der Waals surface area contributed by atoms with E-state index in [1.807, 2.05) is 17.6 Å². The molecule has 5 nitrogen and oxygen atoms in total. The van der Waals surface area contributed by atoms with Gasteiger partial charge in [-0.2, -0.15) is 0 Å². The quantitative estimate of drug-likeness (QED) is 0.777. The van der Waals surface area contributed by atoms with E-state index in [4.69, 9.17) is 0 Å². The Kier molecular flexibility index (Phi) is 4.20. The number of aliphatic hydroxyl groups excluding tert-OH is 1. The molecule has 128 valence electrons. The Bertz CT molecular complexity index is 698. The number of hydrogen-bond donors (Lipinski definition) is 3. The van der Waals surface area contributed by atoms with Gasteiger partial charge >= 0.3 is 0 Å². The topological polar surface area (TPSA) is 68.6 Å². The average Bonchev–Trinajstić information content (AvgIpc) is 3.31. The zero-order chi connectivity index (χ0) is 16.6. The monoisotopic (exact) mass is 345 g/mol. The molecule has 24 heavy (non-hydrogen) atoms. The number of benzene rings is 1. The van der Waals surface area contributed by atoms with Crippen LogP contribution in [-0.4, -0.2) is 33.4 Å². The standard InChI is InChI=1S/C18H23N3O2S/c22-16(18(23)6-1-2-7-18)10-20-15-5-3-4-13-11-21(12-14(13)15)17-19-8-9-24-17/h3-5,8-9,16,20,22-23H,1-2,6-7,10-12H2. The number of anilines is 2. The van der Waals surface area contributed by atoms with Crippen molar-refractivity contribution in [2.45, 2.75) is 50.5 Å². The third-order valence-electron chi connectivity index (χ3n) is 5.25. The molecule has 3 N–H and O–H groups in total. The molecule has 4 rings (SSSR count). The lowest BCUT2D eigenvalue weighted by Crippen LogP contribution is -2.43. The molecule has 0 amide bonds. The fourth-order valence-electron chi connectivity index (χ4n) is 3.81. The van der Waals surface area contributed by atoms with E-state index in [-0.39, 0.29) is 0 Å². The summed E-state index contributed by atoms with van der Waals surface area (Å²) < 4.78 is 0. The van der Waals surface area contributed by atoms with Crippen LogP contribution >= 0.6 is 11.3 Å². The number of hydrogen-bond acceptors (Lipinski definition) is 6. The fourth-order valence-corrected chi connectivity index (χ4v) is 4.46. The van der Waals surface area contributed by atoms with Crippen LogP contribution in [0.3, 0.4) is 0 Å². The number of thiazole rings is 1. The molecule has 1 unspecified atom stereocenters. The maximum atomic E-state index is 10.5. The highest BCUT2D eigenvalue weighted by atomic mass is 32.1. The summed E-state index contributed by atoms with van der Waals surface area (Å²) in [7, 11) is 0. The summed E-state index contributed by atoms with van der Waals surface area (Å²) in [6, 6.07) is 6.24. The second-order valence-electron chi connectivity index (χ2n) is 6.82. The molecular weight excluding hydrogens is 322 g/mol. The summed E-state index contributed by atoms with van der Waals surface area (Å²) >= 11 is 1.65. The molecule has 2 heterocycles. The zero-order valence-corrected chi connectivity index (χ0v) is 14.4. The Labute approximate surface area is 146 Å². The first-order valence-electron chi connectivity index (χ1n) is 8.55. The largest absolute Gasteiger partial charge is 0.388 e. The maximum absolute atomic E-state index is 10.5. The second-order valence-corrected chi connectivity index (χ2v) is 7.69. The van der Waals surface area contributed by atoms with Crippen LogP contribution in [0.25, 0.3) is 0 Å². The van der Waals surface area contributed by atoms with Gasteiger partial charge in [-0.15, -0.1) is 11.3 Å². The van der Waals surface area contributed by atoms with Crippen molar-refractivity contribution in [3.05, 3.63) is 40.9 Å². The fraction of sp³-hybridized carbons (Fsp3) is 0.500. The van der Waals surface area contributed by atoms with Crippen LogP contribution in [-0.2, 0) is 13.1 Å². The summed E-state index contributed by atoms with van der Waals surface area (Å²) in [5.41, 5.74) is 2.69. The van der Waals surface area contributed by atoms with Gasteiger partial charge in [0.25, 0.3) is 0 Å². The lowest BCUT2D eigenvalue weighted by atomic mass is 9.94. The van der Waals surface area contributed by atoms with Crippen molar-refractivity contribution in [2.24, 2.45) is 0 Å². The van der Waals surface area contributed by atoms with Crippen LogP contribution in [0, 0.1) is 0 Å². The zero-order valence-electron chi connectivity index (χ0n) is 13.6. The van der Waals surface area contributed by atoms with Gasteiger partial charge in [-0.3, -0.25) is 0 Å². The number of nitrogens with zero attached hydrogens (tertiary/aromatic N) is 2. The summed E-state index contributed by atoms with van der Waals surface area (Å²) in [6.45, 7) is 2.07. The number of rotatable bonds is 5. The molecule has 1 fully saturated rings. The molecule has 1 aliphatic heterocycles. The molecule has 1 aromatic carbocycles. The van der Waals surface area contributed by atoms with Gasteiger partial charge in [0.2, 0.25) is 0 Å². The molecule has 2 aliphatic rings. The first kappa shape index (κ1) is 15.9. The van der Waals surface area contributed by atoms with Gasteiger partial charge in [0.1, 0.15) is 0 Å². The Morgan fingerprint density at radius 2 is 2.12 bits per heavy atom. The van der Waals surface area contributed by atoms with E-state index in [9.17, 15) is 10.2 Å². The molecule has 0 spiro atoms. The number of aromatic nitrogens is 1. The first-order valence-corrected chi connectivity index (χ1v) is 9.43. The minimum absolute atomic E-state index is 0.379. The Hall–Kier alpha value is -1.63. The van der Waals surface area contributed by atoms with E-state index >= 15 is 0 Å². The predicted molar refractivity (Wildman–Crippen MR) is 96.4 cm³/mol. The molecule has 1 atom stereocenters. The van der Waals surface area contributed by atoms with Crippen molar-refractivity contribution in [3.8, 4) is 0 Å². The van der Waals surface area contributed by atoms with Gasteiger partial charge in [0.15, 0.2) is 5.13 Å². The summed E-state index contributed by atoms with van der Waals surface area (Å²) in [5.74, 6) is 0. The minimum atomic E-state index is -0.919. The third kappa shape index (κ3) is 2.90. The van der Waals surface area contributed by atoms with E-state index in [1.54, 1.807) is 11.3 Å². The van der Waals surface area contributed by atoms with Crippen molar-refractivity contribution in [1.82, 2.24) is 4.98 Å². The highest BCUT2D eigenvalue weighted by Crippen LogP contribution is 2.35. The Balaban J connectivity index is 1.45. The SMILES string of the molecule is OC(CNc1cccc2c1CN(c1nccs1)C2)C1(O)CCCC1. The first-order chi connectivity index (χ1) is 11.7. The summed E-state index contributed by atoms with van der Waals surface area (Å²) in [6.07, 6.45) is 4.49. The molecule has 1 aliphatic carbocycles. The van der Waals surface area contributed by atoms with E-state index in [2.05, 4.69) is 27.3 Å². The van der Waals surface area contributed by atoms with Gasteiger partial charge in [-0.1, -0.05) is 25.0 Å². The number of nitrogens with one attached hydrogen (secondary N) is 1. The Morgan fingerprint density at radius 3 is 2.88 bits per heavy atom. The molecule has 0 saturated heterocycles. The molecule has 0 radical (unpaired) electrons. The van der Waals surface area contributed by atoms with Gasteiger partial charge in [0.05, 0.1) is 11.7 Å². The van der Waals surface area contributed by atoms with Gasteiger partial charge in [-0.05, 0) is 30.0 Å². The normalized spacial score (nSPS) is 20.2. The van der Waals surface area contributed by atoms with Crippen LogP contribution in [0.5, 0.6) is 0 Å². The van der Waals surface area contributed by atoms with Crippen molar-refractivity contribution < 1.29 is 10.2 Å². The van der Waals surface area contributed by atoms with Crippen molar-refractivity contribution in [1.29, 1.82) is 0 Å². The van der Waals surface area contributed by atoms with Crippen molar-refractivity contribution >= 4 is 22.2 Å². The van der Waals surface area contributed by atoms with Crippen molar-refractivity contribution in [3.63, 3.8) is 0 Å².